The summed E-state index contributed by atoms with van der Waals surface area (Å²) in [7, 11) is -2.76. The number of nitrogens with one attached hydrogen (secondary N) is 1. The number of carbonyl (C=O) groups is 1. The number of sulfonamides is 1. The van der Waals surface area contributed by atoms with Gasteiger partial charge < -0.3 is 5.32 Å². The number of benzene rings is 2. The fourth-order valence-corrected chi connectivity index (χ4v) is 3.61. The largest absolute Gasteiger partial charge is 0.325 e. The molecular formula is C17H16F2N6O3S. The average Bonchev–Trinajstić information content (AvgIpc) is 3.09. The van der Waals surface area contributed by atoms with Gasteiger partial charge in [0.1, 0.15) is 17.3 Å². The molecule has 152 valence electrons. The summed E-state index contributed by atoms with van der Waals surface area (Å²) < 4.78 is 54.0. The third-order valence-electron chi connectivity index (χ3n) is 3.97. The topological polar surface area (TPSA) is 110 Å². The number of nitrogens with zero attached hydrogens (tertiary/aromatic N) is 5. The Morgan fingerprint density at radius 1 is 1.17 bits per heavy atom. The zero-order chi connectivity index (χ0) is 21.2. The Labute approximate surface area is 165 Å². The molecule has 1 heterocycles. The van der Waals surface area contributed by atoms with E-state index in [0.717, 1.165) is 39.3 Å². The molecule has 1 aromatic heterocycles. The van der Waals surface area contributed by atoms with Gasteiger partial charge in [0.05, 0.1) is 11.4 Å². The maximum Gasteiger partial charge on any atom is 0.243 e. The van der Waals surface area contributed by atoms with Gasteiger partial charge in [0.25, 0.3) is 0 Å². The molecule has 1 amide bonds. The van der Waals surface area contributed by atoms with E-state index in [0.29, 0.717) is 5.82 Å². The highest BCUT2D eigenvalue weighted by Crippen LogP contribution is 2.19. The van der Waals surface area contributed by atoms with E-state index in [-0.39, 0.29) is 16.3 Å². The number of likely N-dealkylation sites (N-methyl/N-ethyl adjacent to an activating group) is 1. The number of hydrogen-bond donors (Lipinski definition) is 1. The molecule has 3 aromatic rings. The first-order valence-electron chi connectivity index (χ1n) is 8.25. The predicted octanol–water partition coefficient (Wildman–Crippen LogP) is 1.51. The lowest BCUT2D eigenvalue weighted by Gasteiger charge is -2.17. The molecule has 12 heteroatoms. The fourth-order valence-electron chi connectivity index (χ4n) is 2.48. The fraction of sp³-hybridized carbons (Fsp3) is 0.176. The van der Waals surface area contributed by atoms with E-state index >= 15 is 0 Å². The molecule has 0 aliphatic rings. The molecule has 0 saturated heterocycles. The Bertz CT molecular complexity index is 1150. The number of aryl methyl sites for hydroxylation is 1. The van der Waals surface area contributed by atoms with Crippen molar-refractivity contribution in [3.63, 3.8) is 0 Å². The minimum Gasteiger partial charge on any atom is -0.325 e. The molecule has 0 aliphatic heterocycles. The summed E-state index contributed by atoms with van der Waals surface area (Å²) in [5, 5.41) is 13.3. The van der Waals surface area contributed by atoms with E-state index in [1.54, 1.807) is 6.92 Å². The SMILES string of the molecule is Cc1nnnn1-c1cc(NC(=O)CN(C)S(=O)(=O)c2ccc(F)cc2)ccc1F. The molecule has 29 heavy (non-hydrogen) atoms. The second-order valence-corrected chi connectivity index (χ2v) is 8.11. The lowest BCUT2D eigenvalue weighted by atomic mass is 10.2. The molecule has 0 fully saturated rings. The molecule has 0 bridgehead atoms. The van der Waals surface area contributed by atoms with Crippen molar-refractivity contribution >= 4 is 21.6 Å². The first kappa shape index (κ1) is 20.5. The van der Waals surface area contributed by atoms with Crippen molar-refractivity contribution in [1.29, 1.82) is 0 Å². The van der Waals surface area contributed by atoms with Crippen LogP contribution in [-0.4, -0.2) is 52.4 Å². The third kappa shape index (κ3) is 4.43. The Balaban J connectivity index is 1.74. The molecule has 1 N–H and O–H groups in total. The molecular weight excluding hydrogens is 406 g/mol. The Kier molecular flexibility index (Phi) is 5.66. The Hall–Kier alpha value is -3.25. The van der Waals surface area contributed by atoms with Gasteiger partial charge in [0, 0.05) is 12.7 Å². The molecule has 0 aliphatic carbocycles. The normalized spacial score (nSPS) is 11.6. The van der Waals surface area contributed by atoms with Crippen LogP contribution in [0.1, 0.15) is 5.82 Å². The highest BCUT2D eigenvalue weighted by Gasteiger charge is 2.23. The van der Waals surface area contributed by atoms with Crippen LogP contribution in [0.5, 0.6) is 0 Å². The second kappa shape index (κ2) is 8.01. The van der Waals surface area contributed by atoms with Crippen LogP contribution >= 0.6 is 0 Å². The first-order chi connectivity index (χ1) is 13.7. The molecule has 0 unspecified atom stereocenters. The van der Waals surface area contributed by atoms with Gasteiger partial charge in [-0.05, 0) is 59.8 Å². The quantitative estimate of drug-likeness (QED) is 0.645. The number of rotatable bonds is 6. The van der Waals surface area contributed by atoms with E-state index in [2.05, 4.69) is 20.8 Å². The number of carbonyl (C=O) groups excluding carboxylic acids is 1. The summed E-state index contributed by atoms with van der Waals surface area (Å²) in [6.07, 6.45) is 0. The smallest absolute Gasteiger partial charge is 0.243 e. The van der Waals surface area contributed by atoms with Crippen LogP contribution in [0.2, 0.25) is 0 Å². The van der Waals surface area contributed by atoms with Crippen molar-refractivity contribution in [2.75, 3.05) is 18.9 Å². The molecule has 0 saturated carbocycles. The lowest BCUT2D eigenvalue weighted by molar-refractivity contribution is -0.116. The maximum atomic E-state index is 14.1. The number of anilines is 1. The van der Waals surface area contributed by atoms with Crippen molar-refractivity contribution in [1.82, 2.24) is 24.5 Å². The minimum atomic E-state index is -3.98. The van der Waals surface area contributed by atoms with Crippen LogP contribution in [0.15, 0.2) is 47.4 Å². The molecule has 3 rings (SSSR count). The second-order valence-electron chi connectivity index (χ2n) is 6.07. The molecule has 9 nitrogen and oxygen atoms in total. The van der Waals surface area contributed by atoms with Gasteiger partial charge in [-0.25, -0.2) is 17.2 Å². The monoisotopic (exact) mass is 422 g/mol. The van der Waals surface area contributed by atoms with Gasteiger partial charge >= 0.3 is 0 Å². The van der Waals surface area contributed by atoms with E-state index in [1.807, 2.05) is 0 Å². The van der Waals surface area contributed by atoms with E-state index in [1.165, 1.54) is 19.2 Å². The van der Waals surface area contributed by atoms with Gasteiger partial charge in [0.2, 0.25) is 15.9 Å². The first-order valence-corrected chi connectivity index (χ1v) is 9.69. The summed E-state index contributed by atoms with van der Waals surface area (Å²) in [4.78, 5) is 12.1. The van der Waals surface area contributed by atoms with E-state index in [4.69, 9.17) is 0 Å². The number of tetrazole rings is 1. The third-order valence-corrected chi connectivity index (χ3v) is 5.79. The number of hydrogen-bond acceptors (Lipinski definition) is 6. The Morgan fingerprint density at radius 2 is 1.86 bits per heavy atom. The van der Waals surface area contributed by atoms with Crippen molar-refractivity contribution in [3.05, 3.63) is 59.9 Å². The van der Waals surface area contributed by atoms with Crippen molar-refractivity contribution in [2.24, 2.45) is 0 Å². The van der Waals surface area contributed by atoms with Gasteiger partial charge in [-0.15, -0.1) is 5.10 Å². The molecule has 2 aromatic carbocycles. The van der Waals surface area contributed by atoms with Crippen LogP contribution in [0.3, 0.4) is 0 Å². The van der Waals surface area contributed by atoms with Crippen molar-refractivity contribution < 1.29 is 22.0 Å². The lowest BCUT2D eigenvalue weighted by Crippen LogP contribution is -2.35. The van der Waals surface area contributed by atoms with E-state index < -0.39 is 34.1 Å². The minimum absolute atomic E-state index is 0.0255. The summed E-state index contributed by atoms with van der Waals surface area (Å²) in [6.45, 7) is 1.08. The predicted molar refractivity (Wildman–Crippen MR) is 98.7 cm³/mol. The summed E-state index contributed by atoms with van der Waals surface area (Å²) in [6, 6.07) is 8.03. The molecule has 0 radical (unpaired) electrons. The van der Waals surface area contributed by atoms with Crippen LogP contribution < -0.4 is 5.32 Å². The van der Waals surface area contributed by atoms with Gasteiger partial charge in [0.15, 0.2) is 5.82 Å². The Morgan fingerprint density at radius 3 is 2.48 bits per heavy atom. The molecule has 0 atom stereocenters. The van der Waals surface area contributed by atoms with Crippen molar-refractivity contribution in [3.8, 4) is 5.69 Å². The maximum absolute atomic E-state index is 14.1. The van der Waals surface area contributed by atoms with Crippen LogP contribution in [0.25, 0.3) is 5.69 Å². The summed E-state index contributed by atoms with van der Waals surface area (Å²) in [5.74, 6) is -1.48. The number of amides is 1. The van der Waals surface area contributed by atoms with Gasteiger partial charge in [-0.3, -0.25) is 4.79 Å². The van der Waals surface area contributed by atoms with Crippen LogP contribution in [0.4, 0.5) is 14.5 Å². The van der Waals surface area contributed by atoms with E-state index in [9.17, 15) is 22.0 Å². The van der Waals surface area contributed by atoms with Gasteiger partial charge in [-0.1, -0.05) is 0 Å². The van der Waals surface area contributed by atoms with Crippen molar-refractivity contribution in [2.45, 2.75) is 11.8 Å². The summed E-state index contributed by atoms with van der Waals surface area (Å²) >= 11 is 0. The number of aromatic nitrogens is 4. The van der Waals surface area contributed by atoms with Gasteiger partial charge in [-0.2, -0.15) is 8.99 Å². The van der Waals surface area contributed by atoms with Crippen LogP contribution in [-0.2, 0) is 14.8 Å². The van der Waals surface area contributed by atoms with Crippen LogP contribution in [0, 0.1) is 18.6 Å². The number of halogens is 2. The summed E-state index contributed by atoms with van der Waals surface area (Å²) in [5.41, 5.74) is 0.256. The average molecular weight is 422 g/mol. The molecule has 0 spiro atoms. The highest BCUT2D eigenvalue weighted by molar-refractivity contribution is 7.89. The zero-order valence-corrected chi connectivity index (χ0v) is 16.2. The zero-order valence-electron chi connectivity index (χ0n) is 15.4. The standard InChI is InChI=1S/C17H16F2N6O3S/c1-11-21-22-23-25(11)16-9-13(5-8-15(16)19)20-17(26)10-24(2)29(27,28)14-6-3-12(18)4-7-14/h3-9H,10H2,1-2H3,(H,20,26). The highest BCUT2D eigenvalue weighted by atomic mass is 32.2.